The minimum absolute atomic E-state index is 0.0644. The Bertz CT molecular complexity index is 554. The van der Waals surface area contributed by atoms with Gasteiger partial charge in [0, 0.05) is 17.9 Å². The molecule has 0 radical (unpaired) electrons. The molecule has 4 nitrogen and oxygen atoms in total. The molecule has 1 aromatic heterocycles. The van der Waals surface area contributed by atoms with E-state index in [-0.39, 0.29) is 12.5 Å². The molecule has 1 atom stereocenters. The van der Waals surface area contributed by atoms with Gasteiger partial charge in [-0.05, 0) is 12.1 Å². The van der Waals surface area contributed by atoms with E-state index in [4.69, 9.17) is 9.84 Å². The lowest BCUT2D eigenvalue weighted by molar-refractivity contribution is 0.111. The summed E-state index contributed by atoms with van der Waals surface area (Å²) in [6.07, 6.45) is 0.715. The number of rotatable bonds is 5. The van der Waals surface area contributed by atoms with Crippen molar-refractivity contribution in [2.24, 2.45) is 5.92 Å². The molecule has 1 unspecified atom stereocenters. The van der Waals surface area contributed by atoms with E-state index in [1.54, 1.807) is 6.07 Å². The minimum Gasteiger partial charge on any atom is -0.491 e. The van der Waals surface area contributed by atoms with Crippen LogP contribution >= 0.6 is 0 Å². The summed E-state index contributed by atoms with van der Waals surface area (Å²) in [5, 5.41) is 9.89. The number of hydrogen-bond donors (Lipinski definition) is 1. The Morgan fingerprint density at radius 3 is 2.94 bits per heavy atom. The molecule has 0 amide bonds. The summed E-state index contributed by atoms with van der Waals surface area (Å²) in [6.45, 7) is 2.40. The second kappa shape index (κ2) is 5.60. The third-order valence-corrected chi connectivity index (χ3v) is 2.66. The van der Waals surface area contributed by atoms with Gasteiger partial charge in [0.1, 0.15) is 17.0 Å². The Hall–Kier alpha value is -1.94. The van der Waals surface area contributed by atoms with Crippen molar-refractivity contribution in [2.45, 2.75) is 6.92 Å². The van der Waals surface area contributed by atoms with Crippen LogP contribution in [0.1, 0.15) is 17.4 Å². The van der Waals surface area contributed by atoms with Gasteiger partial charge in [-0.25, -0.2) is 4.98 Å². The number of para-hydroxylation sites is 1. The highest BCUT2D eigenvalue weighted by atomic mass is 16.5. The Morgan fingerprint density at radius 1 is 1.39 bits per heavy atom. The monoisotopic (exact) mass is 245 g/mol. The molecule has 0 saturated carbocycles. The first-order valence-electron chi connectivity index (χ1n) is 5.83. The summed E-state index contributed by atoms with van der Waals surface area (Å²) in [6, 6.07) is 9.13. The fourth-order valence-corrected chi connectivity index (χ4v) is 1.60. The number of aliphatic hydroxyl groups is 1. The summed E-state index contributed by atoms with van der Waals surface area (Å²) in [5.41, 5.74) is 1.06. The van der Waals surface area contributed by atoms with Crippen molar-refractivity contribution in [1.29, 1.82) is 0 Å². The maximum Gasteiger partial charge on any atom is 0.168 e. The fraction of sp³-hybridized carbons (Fsp3) is 0.286. The fourth-order valence-electron chi connectivity index (χ4n) is 1.60. The molecular weight excluding hydrogens is 230 g/mol. The van der Waals surface area contributed by atoms with Crippen molar-refractivity contribution in [3.05, 3.63) is 36.0 Å². The number of aldehydes is 1. The third-order valence-electron chi connectivity index (χ3n) is 2.66. The summed E-state index contributed by atoms with van der Waals surface area (Å²) < 4.78 is 5.63. The van der Waals surface area contributed by atoms with Crippen molar-refractivity contribution in [2.75, 3.05) is 13.2 Å². The van der Waals surface area contributed by atoms with Gasteiger partial charge in [0.2, 0.25) is 0 Å². The van der Waals surface area contributed by atoms with Crippen molar-refractivity contribution >= 4 is 17.2 Å². The molecule has 0 saturated heterocycles. The smallest absolute Gasteiger partial charge is 0.168 e. The van der Waals surface area contributed by atoms with Gasteiger partial charge in [-0.1, -0.05) is 25.1 Å². The Balaban J connectivity index is 2.34. The first-order valence-corrected chi connectivity index (χ1v) is 5.83. The van der Waals surface area contributed by atoms with Crippen LogP contribution in [-0.2, 0) is 0 Å². The summed E-state index contributed by atoms with van der Waals surface area (Å²) in [5.74, 6) is 0.700. The molecule has 0 fully saturated rings. The van der Waals surface area contributed by atoms with Crippen LogP contribution in [0.2, 0.25) is 0 Å². The normalized spacial score (nSPS) is 12.3. The lowest BCUT2D eigenvalue weighted by Gasteiger charge is -2.12. The van der Waals surface area contributed by atoms with Gasteiger partial charge >= 0.3 is 0 Å². The maximum atomic E-state index is 10.7. The molecule has 1 N–H and O–H groups in total. The van der Waals surface area contributed by atoms with E-state index in [9.17, 15) is 4.79 Å². The average Bonchev–Trinajstić information content (AvgIpc) is 2.43. The van der Waals surface area contributed by atoms with Crippen molar-refractivity contribution in [1.82, 2.24) is 4.98 Å². The van der Waals surface area contributed by atoms with Crippen molar-refractivity contribution in [3.8, 4) is 5.75 Å². The van der Waals surface area contributed by atoms with Crippen LogP contribution in [0, 0.1) is 5.92 Å². The maximum absolute atomic E-state index is 10.7. The van der Waals surface area contributed by atoms with Crippen LogP contribution in [0.4, 0.5) is 0 Å². The van der Waals surface area contributed by atoms with E-state index in [1.165, 1.54) is 0 Å². The first-order chi connectivity index (χ1) is 8.74. The summed E-state index contributed by atoms with van der Waals surface area (Å²) in [7, 11) is 0. The summed E-state index contributed by atoms with van der Waals surface area (Å²) in [4.78, 5) is 15.0. The number of aliphatic hydroxyl groups excluding tert-OH is 1. The van der Waals surface area contributed by atoms with E-state index < -0.39 is 0 Å². The van der Waals surface area contributed by atoms with E-state index in [2.05, 4.69) is 4.98 Å². The van der Waals surface area contributed by atoms with Gasteiger partial charge in [-0.2, -0.15) is 0 Å². The number of aromatic nitrogens is 1. The predicted octanol–water partition coefficient (Wildman–Crippen LogP) is 2.05. The third kappa shape index (κ3) is 2.65. The molecule has 4 heteroatoms. The number of fused-ring (bicyclic) bond motifs is 1. The predicted molar refractivity (Wildman–Crippen MR) is 68.9 cm³/mol. The van der Waals surface area contributed by atoms with Gasteiger partial charge in [-0.3, -0.25) is 4.79 Å². The first kappa shape index (κ1) is 12.5. The van der Waals surface area contributed by atoms with Gasteiger partial charge < -0.3 is 9.84 Å². The van der Waals surface area contributed by atoms with Gasteiger partial charge in [0.05, 0.1) is 6.61 Å². The Morgan fingerprint density at radius 2 is 2.22 bits per heavy atom. The van der Waals surface area contributed by atoms with E-state index in [0.29, 0.717) is 29.9 Å². The van der Waals surface area contributed by atoms with Crippen LogP contribution in [0.5, 0.6) is 5.75 Å². The molecule has 0 aliphatic heterocycles. The number of ether oxygens (including phenoxy) is 1. The number of benzene rings is 1. The van der Waals surface area contributed by atoms with E-state index in [1.807, 2.05) is 31.2 Å². The van der Waals surface area contributed by atoms with Gasteiger partial charge in [-0.15, -0.1) is 0 Å². The van der Waals surface area contributed by atoms with Crippen LogP contribution in [-0.4, -0.2) is 29.6 Å². The number of nitrogens with zero attached hydrogens (tertiary/aromatic N) is 1. The number of pyridine rings is 1. The molecule has 2 aromatic rings. The molecule has 18 heavy (non-hydrogen) atoms. The number of carbonyl (C=O) groups excluding carboxylic acids is 1. The highest BCUT2D eigenvalue weighted by molar-refractivity contribution is 5.87. The van der Waals surface area contributed by atoms with Crippen molar-refractivity contribution < 1.29 is 14.6 Å². The minimum atomic E-state index is 0.0644. The van der Waals surface area contributed by atoms with E-state index in [0.717, 1.165) is 5.39 Å². The molecular formula is C14H15NO3. The van der Waals surface area contributed by atoms with Crippen LogP contribution in [0.15, 0.2) is 30.3 Å². The van der Waals surface area contributed by atoms with Crippen LogP contribution < -0.4 is 4.74 Å². The zero-order valence-corrected chi connectivity index (χ0v) is 10.2. The van der Waals surface area contributed by atoms with Crippen LogP contribution in [0.25, 0.3) is 10.9 Å². The quantitative estimate of drug-likeness (QED) is 0.819. The molecule has 0 aliphatic carbocycles. The standard InChI is InChI=1S/C14H15NO3/c1-10(7-16)9-18-13-4-2-3-11-5-6-12(8-17)15-14(11)13/h2-6,8,10,16H,7,9H2,1H3. The number of hydrogen-bond acceptors (Lipinski definition) is 4. The van der Waals surface area contributed by atoms with Crippen LogP contribution in [0.3, 0.4) is 0 Å². The van der Waals surface area contributed by atoms with E-state index >= 15 is 0 Å². The molecule has 94 valence electrons. The molecule has 1 heterocycles. The second-order valence-corrected chi connectivity index (χ2v) is 4.28. The lowest BCUT2D eigenvalue weighted by Crippen LogP contribution is -2.12. The van der Waals surface area contributed by atoms with Gasteiger partial charge in [0.25, 0.3) is 0 Å². The molecule has 2 rings (SSSR count). The van der Waals surface area contributed by atoms with Crippen molar-refractivity contribution in [3.63, 3.8) is 0 Å². The SMILES string of the molecule is CC(CO)COc1cccc2ccc(C=O)nc12. The number of carbonyl (C=O) groups is 1. The summed E-state index contributed by atoms with van der Waals surface area (Å²) >= 11 is 0. The molecule has 0 aliphatic rings. The Labute approximate surface area is 105 Å². The van der Waals surface area contributed by atoms with Gasteiger partial charge in [0.15, 0.2) is 6.29 Å². The highest BCUT2D eigenvalue weighted by Crippen LogP contribution is 2.24. The Kier molecular flexibility index (Phi) is 3.89. The molecule has 0 spiro atoms. The molecule has 0 bridgehead atoms. The topological polar surface area (TPSA) is 59.4 Å². The zero-order valence-electron chi connectivity index (χ0n) is 10.2. The largest absolute Gasteiger partial charge is 0.491 e. The zero-order chi connectivity index (χ0) is 13.0. The lowest BCUT2D eigenvalue weighted by atomic mass is 10.2. The average molecular weight is 245 g/mol. The second-order valence-electron chi connectivity index (χ2n) is 4.28. The molecule has 1 aromatic carbocycles. The highest BCUT2D eigenvalue weighted by Gasteiger charge is 2.07.